The van der Waals surface area contributed by atoms with Gasteiger partial charge in [0.15, 0.2) is 0 Å². The van der Waals surface area contributed by atoms with Gasteiger partial charge in [0.25, 0.3) is 0 Å². The fourth-order valence-corrected chi connectivity index (χ4v) is 2.95. The molecule has 0 saturated heterocycles. The van der Waals surface area contributed by atoms with Gasteiger partial charge in [0.05, 0.1) is 17.2 Å². The second-order valence-corrected chi connectivity index (χ2v) is 6.72. The SMILES string of the molecule is Cc1nc(CN(C)C(=O)Nc2ccc(C3CC3)c(F)c2)cs1. The third-order valence-corrected chi connectivity index (χ3v) is 4.50. The zero-order valence-electron chi connectivity index (χ0n) is 12.6. The van der Waals surface area contributed by atoms with Gasteiger partial charge in [-0.15, -0.1) is 11.3 Å². The number of anilines is 1. The van der Waals surface area contributed by atoms with Crippen molar-refractivity contribution in [1.29, 1.82) is 0 Å². The van der Waals surface area contributed by atoms with Gasteiger partial charge in [0.2, 0.25) is 0 Å². The molecule has 0 spiro atoms. The van der Waals surface area contributed by atoms with Crippen molar-refractivity contribution >= 4 is 23.1 Å². The molecular weight excluding hydrogens is 301 g/mol. The number of nitrogens with one attached hydrogen (secondary N) is 1. The molecule has 1 aliphatic carbocycles. The Bertz CT molecular complexity index is 696. The molecule has 22 heavy (non-hydrogen) atoms. The average molecular weight is 319 g/mol. The summed E-state index contributed by atoms with van der Waals surface area (Å²) in [6.07, 6.45) is 2.11. The quantitative estimate of drug-likeness (QED) is 0.921. The van der Waals surface area contributed by atoms with Crippen LogP contribution in [-0.4, -0.2) is 23.0 Å². The Kier molecular flexibility index (Phi) is 4.11. The Hall–Kier alpha value is -1.95. The third-order valence-electron chi connectivity index (χ3n) is 3.68. The van der Waals surface area contributed by atoms with Crippen molar-refractivity contribution in [2.45, 2.75) is 32.2 Å². The first kappa shape index (κ1) is 15.0. The minimum absolute atomic E-state index is 0.238. The lowest BCUT2D eigenvalue weighted by molar-refractivity contribution is 0.220. The van der Waals surface area contributed by atoms with Crippen molar-refractivity contribution in [3.05, 3.63) is 45.7 Å². The molecule has 1 aromatic heterocycles. The normalized spacial score (nSPS) is 14.0. The topological polar surface area (TPSA) is 45.2 Å². The van der Waals surface area contributed by atoms with Crippen LogP contribution in [0.5, 0.6) is 0 Å². The van der Waals surface area contributed by atoms with E-state index < -0.39 is 0 Å². The van der Waals surface area contributed by atoms with Crippen LogP contribution in [-0.2, 0) is 6.54 Å². The molecule has 4 nitrogen and oxygen atoms in total. The highest BCUT2D eigenvalue weighted by Crippen LogP contribution is 2.41. The van der Waals surface area contributed by atoms with Crippen molar-refractivity contribution in [3.63, 3.8) is 0 Å². The molecule has 3 rings (SSSR count). The number of carbonyl (C=O) groups is 1. The molecule has 6 heteroatoms. The third kappa shape index (κ3) is 3.44. The minimum atomic E-state index is -0.274. The van der Waals surface area contributed by atoms with E-state index in [0.717, 1.165) is 29.1 Å². The van der Waals surface area contributed by atoms with Crippen LogP contribution >= 0.6 is 11.3 Å². The van der Waals surface area contributed by atoms with Crippen LogP contribution in [0.4, 0.5) is 14.9 Å². The average Bonchev–Trinajstić information content (AvgIpc) is 3.22. The van der Waals surface area contributed by atoms with Gasteiger partial charge in [-0.25, -0.2) is 14.2 Å². The molecule has 0 radical (unpaired) electrons. The fraction of sp³-hybridized carbons (Fsp3) is 0.375. The van der Waals surface area contributed by atoms with Crippen LogP contribution in [0.15, 0.2) is 23.6 Å². The van der Waals surface area contributed by atoms with Crippen LogP contribution in [0.3, 0.4) is 0 Å². The lowest BCUT2D eigenvalue weighted by Crippen LogP contribution is -2.31. The van der Waals surface area contributed by atoms with Gasteiger partial charge in [0, 0.05) is 18.1 Å². The summed E-state index contributed by atoms with van der Waals surface area (Å²) in [5.41, 5.74) is 2.09. The molecule has 1 aromatic carbocycles. The van der Waals surface area contributed by atoms with Gasteiger partial charge >= 0.3 is 6.03 Å². The molecule has 2 aromatic rings. The van der Waals surface area contributed by atoms with Gasteiger partial charge in [-0.2, -0.15) is 0 Å². The van der Waals surface area contributed by atoms with Crippen LogP contribution < -0.4 is 5.32 Å². The van der Waals surface area contributed by atoms with Crippen LogP contribution in [0.1, 0.15) is 35.0 Å². The molecule has 1 aliphatic rings. The molecule has 1 fully saturated rings. The van der Waals surface area contributed by atoms with E-state index in [4.69, 9.17) is 0 Å². The zero-order chi connectivity index (χ0) is 15.7. The summed E-state index contributed by atoms with van der Waals surface area (Å²) in [7, 11) is 1.69. The number of amides is 2. The predicted molar refractivity (Wildman–Crippen MR) is 85.7 cm³/mol. The summed E-state index contributed by atoms with van der Waals surface area (Å²) in [6.45, 7) is 2.36. The second-order valence-electron chi connectivity index (χ2n) is 5.65. The summed E-state index contributed by atoms with van der Waals surface area (Å²) < 4.78 is 14.0. The highest BCUT2D eigenvalue weighted by molar-refractivity contribution is 7.09. The first-order chi connectivity index (χ1) is 10.5. The molecule has 0 aliphatic heterocycles. The number of rotatable bonds is 4. The van der Waals surface area contributed by atoms with E-state index in [2.05, 4.69) is 10.3 Å². The molecular formula is C16H18FN3OS. The van der Waals surface area contributed by atoms with Crippen LogP contribution in [0.2, 0.25) is 0 Å². The van der Waals surface area contributed by atoms with Gasteiger partial charge in [-0.3, -0.25) is 0 Å². The number of aromatic nitrogens is 1. The molecule has 0 atom stereocenters. The zero-order valence-corrected chi connectivity index (χ0v) is 13.4. The van der Waals surface area contributed by atoms with Gasteiger partial charge in [0.1, 0.15) is 5.82 Å². The van der Waals surface area contributed by atoms with E-state index in [1.807, 2.05) is 12.3 Å². The predicted octanol–water partition coefficient (Wildman–Crippen LogP) is 4.13. The van der Waals surface area contributed by atoms with Crippen LogP contribution in [0, 0.1) is 12.7 Å². The highest BCUT2D eigenvalue weighted by Gasteiger charge is 2.26. The summed E-state index contributed by atoms with van der Waals surface area (Å²) in [5.74, 6) is 0.124. The maximum absolute atomic E-state index is 14.0. The van der Waals surface area contributed by atoms with E-state index in [-0.39, 0.29) is 11.8 Å². The molecule has 0 unspecified atom stereocenters. The summed E-state index contributed by atoms with van der Waals surface area (Å²) in [4.78, 5) is 18.0. The van der Waals surface area contributed by atoms with Crippen molar-refractivity contribution < 1.29 is 9.18 Å². The maximum atomic E-state index is 14.0. The molecule has 2 amide bonds. The van der Waals surface area contributed by atoms with E-state index >= 15 is 0 Å². The van der Waals surface area contributed by atoms with E-state index in [1.165, 1.54) is 11.0 Å². The van der Waals surface area contributed by atoms with Crippen molar-refractivity contribution in [2.24, 2.45) is 0 Å². The number of nitrogens with zero attached hydrogens (tertiary/aromatic N) is 2. The van der Waals surface area contributed by atoms with E-state index in [1.54, 1.807) is 30.5 Å². The summed E-state index contributed by atoms with van der Waals surface area (Å²) in [5, 5.41) is 5.63. The maximum Gasteiger partial charge on any atom is 0.321 e. The number of urea groups is 1. The minimum Gasteiger partial charge on any atom is -0.322 e. The molecule has 0 bridgehead atoms. The number of hydrogen-bond donors (Lipinski definition) is 1. The Labute approximate surface area is 133 Å². The number of halogens is 1. The fourth-order valence-electron chi connectivity index (χ4n) is 2.34. The van der Waals surface area contributed by atoms with Gasteiger partial charge in [-0.05, 0) is 43.4 Å². The first-order valence-corrected chi connectivity index (χ1v) is 8.13. The number of thiazole rings is 1. The highest BCUT2D eigenvalue weighted by atomic mass is 32.1. The molecule has 1 N–H and O–H groups in total. The number of hydrogen-bond acceptors (Lipinski definition) is 3. The number of aryl methyl sites for hydroxylation is 1. The van der Waals surface area contributed by atoms with E-state index in [9.17, 15) is 9.18 Å². The first-order valence-electron chi connectivity index (χ1n) is 7.25. The van der Waals surface area contributed by atoms with E-state index in [0.29, 0.717) is 18.2 Å². The monoisotopic (exact) mass is 319 g/mol. The Morgan fingerprint density at radius 3 is 2.86 bits per heavy atom. The van der Waals surface area contributed by atoms with Crippen molar-refractivity contribution in [3.8, 4) is 0 Å². The lowest BCUT2D eigenvalue weighted by Gasteiger charge is -2.17. The summed E-state index contributed by atoms with van der Waals surface area (Å²) in [6, 6.07) is 4.65. The Morgan fingerprint density at radius 1 is 1.50 bits per heavy atom. The van der Waals surface area contributed by atoms with Gasteiger partial charge in [-0.1, -0.05) is 6.07 Å². The second kappa shape index (κ2) is 6.04. The number of carbonyl (C=O) groups excluding carboxylic acids is 1. The smallest absolute Gasteiger partial charge is 0.321 e. The molecule has 1 heterocycles. The Balaban J connectivity index is 1.62. The molecule has 1 saturated carbocycles. The largest absolute Gasteiger partial charge is 0.322 e. The number of benzene rings is 1. The Morgan fingerprint density at radius 2 is 2.27 bits per heavy atom. The van der Waals surface area contributed by atoms with Crippen molar-refractivity contribution in [1.82, 2.24) is 9.88 Å². The molecule has 116 valence electrons. The summed E-state index contributed by atoms with van der Waals surface area (Å²) >= 11 is 1.56. The van der Waals surface area contributed by atoms with Gasteiger partial charge < -0.3 is 10.2 Å². The standard InChI is InChI=1S/C16H18FN3OS/c1-10-18-13(9-22-10)8-20(2)16(21)19-12-5-6-14(11-3-4-11)15(17)7-12/h5-7,9,11H,3-4,8H2,1-2H3,(H,19,21). The lowest BCUT2D eigenvalue weighted by atomic mass is 10.1. The van der Waals surface area contributed by atoms with Crippen molar-refractivity contribution in [2.75, 3.05) is 12.4 Å². The van der Waals surface area contributed by atoms with Crippen LogP contribution in [0.25, 0.3) is 0 Å².